The zero-order chi connectivity index (χ0) is 26.4. The molecule has 37 heavy (non-hydrogen) atoms. The van der Waals surface area contributed by atoms with Crippen LogP contribution in [-0.2, 0) is 11.8 Å². The lowest BCUT2D eigenvalue weighted by Gasteiger charge is -2.31. The van der Waals surface area contributed by atoms with E-state index in [1.807, 2.05) is 26.0 Å². The molecule has 1 aliphatic heterocycles. The monoisotopic (exact) mass is 495 g/mol. The summed E-state index contributed by atoms with van der Waals surface area (Å²) < 4.78 is 46.1. The summed E-state index contributed by atoms with van der Waals surface area (Å²) in [6.45, 7) is 3.64. The van der Waals surface area contributed by atoms with Gasteiger partial charge in [0, 0.05) is 29.1 Å². The molecule has 2 aromatic heterocycles. The molecule has 0 amide bonds. The number of imidazole rings is 1. The van der Waals surface area contributed by atoms with E-state index in [0.29, 0.717) is 39.7 Å². The van der Waals surface area contributed by atoms with E-state index in [4.69, 9.17) is 4.74 Å². The lowest BCUT2D eigenvalue weighted by Crippen LogP contribution is -2.29. The average Bonchev–Trinajstić information content (AvgIpc) is 3.32. The van der Waals surface area contributed by atoms with E-state index >= 15 is 0 Å². The number of aromatic nitrogens is 3. The third kappa shape index (κ3) is 4.16. The second-order valence-corrected chi connectivity index (χ2v) is 8.76. The van der Waals surface area contributed by atoms with Gasteiger partial charge in [0.25, 0.3) is 0 Å². The van der Waals surface area contributed by atoms with Gasteiger partial charge in [-0.25, -0.2) is 4.98 Å². The number of nitriles is 2. The maximum absolute atomic E-state index is 13.3. The normalized spacial score (nSPS) is 13.2. The third-order valence-corrected chi connectivity index (χ3v) is 5.89. The molecule has 0 saturated carbocycles. The van der Waals surface area contributed by atoms with Crippen LogP contribution < -0.4 is 4.74 Å². The molecular weight excluding hydrogens is 479 g/mol. The standard InChI is InChI=1S/C28H16F3N5O/c1-27(2)25-24(35-26(36-25)23-18(12-32)14-34-15-19(23)13-33)20-10-8-16(11-22(20)37-27)7-9-17-5-3-4-6-21(17)28(29,30)31/h3-6,8,10-11,14-15H,1-2H3,(H,35,36). The first kappa shape index (κ1) is 23.7. The predicted octanol–water partition coefficient (Wildman–Crippen LogP) is 5.93. The zero-order valence-electron chi connectivity index (χ0n) is 19.5. The van der Waals surface area contributed by atoms with Crippen LogP contribution >= 0.6 is 0 Å². The SMILES string of the molecule is CC1(C)Oc2cc(C#Cc3ccccc3C(F)(F)F)ccc2-c2[nH]c(-c3c(C#N)cncc3C#N)nc21. The van der Waals surface area contributed by atoms with Crippen molar-refractivity contribution < 1.29 is 17.9 Å². The van der Waals surface area contributed by atoms with Gasteiger partial charge in [0.05, 0.1) is 27.9 Å². The number of benzene rings is 2. The van der Waals surface area contributed by atoms with Crippen molar-refractivity contribution in [2.45, 2.75) is 25.6 Å². The number of hydrogen-bond donors (Lipinski definition) is 1. The van der Waals surface area contributed by atoms with Crippen LogP contribution in [-0.4, -0.2) is 15.0 Å². The number of nitrogens with one attached hydrogen (secondary N) is 1. The first-order valence-electron chi connectivity index (χ1n) is 11.0. The highest BCUT2D eigenvalue weighted by atomic mass is 19.4. The van der Waals surface area contributed by atoms with Gasteiger partial charge in [-0.2, -0.15) is 23.7 Å². The molecule has 9 heteroatoms. The van der Waals surface area contributed by atoms with Gasteiger partial charge in [-0.1, -0.05) is 24.0 Å². The lowest BCUT2D eigenvalue weighted by atomic mass is 9.94. The smallest absolute Gasteiger partial charge is 0.417 e. The molecule has 0 fully saturated rings. The Bertz CT molecular complexity index is 1680. The molecule has 6 nitrogen and oxygen atoms in total. The summed E-state index contributed by atoms with van der Waals surface area (Å²) in [5, 5.41) is 19.1. The fourth-order valence-corrected chi connectivity index (χ4v) is 4.20. The molecule has 0 unspecified atom stereocenters. The summed E-state index contributed by atoms with van der Waals surface area (Å²) in [5.74, 6) is 6.22. The zero-order valence-corrected chi connectivity index (χ0v) is 19.5. The number of pyridine rings is 1. The Balaban J connectivity index is 1.59. The van der Waals surface area contributed by atoms with Gasteiger partial charge in [0.2, 0.25) is 0 Å². The van der Waals surface area contributed by atoms with E-state index in [1.54, 1.807) is 18.2 Å². The fraction of sp³-hybridized carbons (Fsp3) is 0.143. The molecule has 0 spiro atoms. The van der Waals surface area contributed by atoms with Gasteiger partial charge in [-0.15, -0.1) is 0 Å². The maximum Gasteiger partial charge on any atom is 0.417 e. The molecule has 0 saturated heterocycles. The quantitative estimate of drug-likeness (QED) is 0.330. The van der Waals surface area contributed by atoms with Crippen LogP contribution in [0.4, 0.5) is 13.2 Å². The topological polar surface area (TPSA) is 98.4 Å². The minimum Gasteiger partial charge on any atom is -0.481 e. The Morgan fingerprint density at radius 2 is 1.65 bits per heavy atom. The van der Waals surface area contributed by atoms with Crippen molar-refractivity contribution in [3.8, 4) is 52.4 Å². The highest BCUT2D eigenvalue weighted by Crippen LogP contribution is 2.45. The van der Waals surface area contributed by atoms with Gasteiger partial charge in [0.1, 0.15) is 35.0 Å². The fourth-order valence-electron chi connectivity index (χ4n) is 4.20. The minimum absolute atomic E-state index is 0.117. The van der Waals surface area contributed by atoms with Gasteiger partial charge in [-0.3, -0.25) is 4.98 Å². The molecule has 1 N–H and O–H groups in total. The summed E-state index contributed by atoms with van der Waals surface area (Å²) in [6.07, 6.45) is -1.76. The van der Waals surface area contributed by atoms with Crippen molar-refractivity contribution in [2.24, 2.45) is 0 Å². The molecule has 180 valence electrons. The van der Waals surface area contributed by atoms with Gasteiger partial charge >= 0.3 is 6.18 Å². The number of aromatic amines is 1. The van der Waals surface area contributed by atoms with Crippen LogP contribution in [0.2, 0.25) is 0 Å². The molecule has 0 radical (unpaired) electrons. The number of nitrogens with zero attached hydrogens (tertiary/aromatic N) is 4. The van der Waals surface area contributed by atoms with Crippen molar-refractivity contribution in [2.75, 3.05) is 0 Å². The van der Waals surface area contributed by atoms with Crippen LogP contribution in [0, 0.1) is 34.5 Å². The number of ether oxygens (including phenoxy) is 1. The second kappa shape index (κ2) is 8.55. The molecule has 4 aromatic rings. The van der Waals surface area contributed by atoms with E-state index in [9.17, 15) is 23.7 Å². The molecule has 0 atom stereocenters. The summed E-state index contributed by atoms with van der Waals surface area (Å²) in [5.41, 5.74) is 1.32. The molecule has 5 rings (SSSR count). The largest absolute Gasteiger partial charge is 0.481 e. The Kier molecular flexibility index (Phi) is 5.47. The van der Waals surface area contributed by atoms with Crippen LogP contribution in [0.25, 0.3) is 22.6 Å². The van der Waals surface area contributed by atoms with E-state index in [1.165, 1.54) is 30.6 Å². The highest BCUT2D eigenvalue weighted by molar-refractivity contribution is 5.79. The van der Waals surface area contributed by atoms with Crippen LogP contribution in [0.3, 0.4) is 0 Å². The average molecular weight is 495 g/mol. The van der Waals surface area contributed by atoms with Crippen LogP contribution in [0.15, 0.2) is 54.9 Å². The predicted molar refractivity (Wildman–Crippen MR) is 128 cm³/mol. The van der Waals surface area contributed by atoms with Gasteiger partial charge in [0.15, 0.2) is 0 Å². The highest BCUT2D eigenvalue weighted by Gasteiger charge is 2.37. The van der Waals surface area contributed by atoms with Crippen molar-refractivity contribution in [3.05, 3.63) is 88.4 Å². The van der Waals surface area contributed by atoms with E-state index < -0.39 is 17.3 Å². The van der Waals surface area contributed by atoms with Crippen molar-refractivity contribution in [3.63, 3.8) is 0 Å². The summed E-state index contributed by atoms with van der Waals surface area (Å²) >= 11 is 0. The third-order valence-electron chi connectivity index (χ3n) is 5.89. The Morgan fingerprint density at radius 3 is 2.32 bits per heavy atom. The molecule has 0 aliphatic carbocycles. The minimum atomic E-state index is -4.51. The Hall–Kier alpha value is -5.07. The maximum atomic E-state index is 13.3. The molecule has 2 aromatic carbocycles. The van der Waals surface area contributed by atoms with E-state index in [0.717, 1.165) is 6.07 Å². The number of fused-ring (bicyclic) bond motifs is 3. The molecular formula is C28H16F3N5O. The van der Waals surface area contributed by atoms with Crippen LogP contribution in [0.1, 0.15) is 47.4 Å². The van der Waals surface area contributed by atoms with Crippen molar-refractivity contribution in [1.82, 2.24) is 15.0 Å². The lowest BCUT2D eigenvalue weighted by molar-refractivity contribution is -0.137. The second-order valence-electron chi connectivity index (χ2n) is 8.76. The molecule has 1 aliphatic rings. The van der Waals surface area contributed by atoms with E-state index in [2.05, 4.69) is 26.8 Å². The van der Waals surface area contributed by atoms with Crippen molar-refractivity contribution >= 4 is 0 Å². The first-order chi connectivity index (χ1) is 17.6. The number of alkyl halides is 3. The Labute approximate surface area is 210 Å². The molecule has 3 heterocycles. The number of hydrogen-bond acceptors (Lipinski definition) is 5. The summed E-state index contributed by atoms with van der Waals surface area (Å²) in [6, 6.07) is 14.3. The van der Waals surface area contributed by atoms with Gasteiger partial charge < -0.3 is 9.72 Å². The summed E-state index contributed by atoms with van der Waals surface area (Å²) in [4.78, 5) is 11.8. The number of rotatable bonds is 1. The van der Waals surface area contributed by atoms with Gasteiger partial charge in [-0.05, 0) is 44.2 Å². The first-order valence-corrected chi connectivity index (χ1v) is 11.0. The Morgan fingerprint density at radius 1 is 0.946 bits per heavy atom. The summed E-state index contributed by atoms with van der Waals surface area (Å²) in [7, 11) is 0. The number of halogens is 3. The van der Waals surface area contributed by atoms with E-state index in [-0.39, 0.29) is 16.7 Å². The molecule has 0 bridgehead atoms. The van der Waals surface area contributed by atoms with Crippen molar-refractivity contribution in [1.29, 1.82) is 10.5 Å². The van der Waals surface area contributed by atoms with Crippen LogP contribution in [0.5, 0.6) is 5.75 Å². The number of H-pyrrole nitrogens is 1.